The van der Waals surface area contributed by atoms with E-state index in [1.807, 2.05) is 18.2 Å². The van der Waals surface area contributed by atoms with E-state index in [4.69, 9.17) is 4.89 Å². The van der Waals surface area contributed by atoms with E-state index in [1.165, 1.54) is 10.8 Å². The molecular formula is C7H10NO2PS2. The molecule has 0 aliphatic heterocycles. The molecule has 72 valence electrons. The molecule has 0 saturated heterocycles. The van der Waals surface area contributed by atoms with Crippen molar-refractivity contribution in [3.05, 3.63) is 24.4 Å². The lowest BCUT2D eigenvalue weighted by molar-refractivity contribution is 0.505. The molecule has 1 aromatic rings. The van der Waals surface area contributed by atoms with Crippen LogP contribution in [0.1, 0.15) is 0 Å². The fourth-order valence-electron chi connectivity index (χ4n) is 0.627. The van der Waals surface area contributed by atoms with E-state index in [0.29, 0.717) is 11.9 Å². The quantitative estimate of drug-likeness (QED) is 0.482. The summed E-state index contributed by atoms with van der Waals surface area (Å²) in [5, 5.41) is 0.935. The second-order valence-corrected chi connectivity index (χ2v) is 5.94. The zero-order chi connectivity index (χ0) is 9.52. The van der Waals surface area contributed by atoms with Crippen molar-refractivity contribution in [3.8, 4) is 0 Å². The highest BCUT2D eigenvalue weighted by Crippen LogP contribution is 2.30. The Morgan fingerprint density at radius 1 is 1.54 bits per heavy atom. The Bertz CT molecular complexity index is 270. The van der Waals surface area contributed by atoms with Crippen LogP contribution in [-0.4, -0.2) is 21.8 Å². The van der Waals surface area contributed by atoms with Crippen molar-refractivity contribution in [2.75, 3.05) is 11.9 Å². The Balaban J connectivity index is 2.17. The highest BCUT2D eigenvalue weighted by molar-refractivity contribution is 8.76. The number of nitrogens with zero attached hydrogens (tertiary/aromatic N) is 1. The fourth-order valence-corrected chi connectivity index (χ4v) is 3.76. The normalized spacial score (nSPS) is 12.7. The van der Waals surface area contributed by atoms with E-state index in [1.54, 1.807) is 17.0 Å². The topological polar surface area (TPSA) is 50.2 Å². The van der Waals surface area contributed by atoms with Gasteiger partial charge in [0.25, 0.3) is 0 Å². The Morgan fingerprint density at radius 2 is 2.38 bits per heavy atom. The van der Waals surface area contributed by atoms with Crippen LogP contribution in [0.15, 0.2) is 29.4 Å². The van der Waals surface area contributed by atoms with Gasteiger partial charge in [-0.25, -0.2) is 4.98 Å². The summed E-state index contributed by atoms with van der Waals surface area (Å²) in [5.41, 5.74) is 0. The number of rotatable bonds is 5. The Hall–Kier alpha value is 0.0400. The number of pyridine rings is 1. The molecular weight excluding hydrogens is 225 g/mol. The molecule has 1 heterocycles. The summed E-state index contributed by atoms with van der Waals surface area (Å²) in [6.45, 7) is 0. The first-order valence-electron chi connectivity index (χ1n) is 3.71. The molecule has 0 aromatic carbocycles. The first-order chi connectivity index (χ1) is 6.29. The van der Waals surface area contributed by atoms with Gasteiger partial charge < -0.3 is 4.89 Å². The zero-order valence-corrected chi connectivity index (χ0v) is 9.48. The Labute approximate surface area is 85.6 Å². The summed E-state index contributed by atoms with van der Waals surface area (Å²) in [6, 6.07) is 5.70. The maximum atomic E-state index is 10.4. The van der Waals surface area contributed by atoms with Crippen molar-refractivity contribution in [1.82, 2.24) is 4.98 Å². The molecule has 3 nitrogen and oxygen atoms in total. The molecule has 6 heteroatoms. The molecule has 0 aliphatic carbocycles. The maximum absolute atomic E-state index is 10.4. The van der Waals surface area contributed by atoms with Gasteiger partial charge >= 0.3 is 0 Å². The van der Waals surface area contributed by atoms with Crippen LogP contribution in [0, 0.1) is 0 Å². The third-order valence-electron chi connectivity index (χ3n) is 1.18. The predicted molar refractivity (Wildman–Crippen MR) is 58.6 cm³/mol. The zero-order valence-electron chi connectivity index (χ0n) is 6.84. The summed E-state index contributed by atoms with van der Waals surface area (Å²) < 4.78 is 10.4. The van der Waals surface area contributed by atoms with Gasteiger partial charge in [-0.3, -0.25) is 4.57 Å². The smallest absolute Gasteiger partial charge is 0.189 e. The molecule has 1 aromatic heterocycles. The summed E-state index contributed by atoms with van der Waals surface area (Å²) in [5.74, 6) is 0.690. The molecule has 1 N–H and O–H groups in total. The largest absolute Gasteiger partial charge is 0.346 e. The molecule has 0 bridgehead atoms. The van der Waals surface area contributed by atoms with Crippen LogP contribution in [0.25, 0.3) is 0 Å². The van der Waals surface area contributed by atoms with Crippen LogP contribution in [0.3, 0.4) is 0 Å². The van der Waals surface area contributed by atoms with E-state index in [0.717, 1.165) is 5.03 Å². The molecule has 0 amide bonds. The van der Waals surface area contributed by atoms with Crippen molar-refractivity contribution >= 4 is 29.6 Å². The third kappa shape index (κ3) is 5.37. The maximum Gasteiger partial charge on any atom is 0.189 e. The minimum atomic E-state index is -2.29. The van der Waals surface area contributed by atoms with Gasteiger partial charge in [0, 0.05) is 18.1 Å². The van der Waals surface area contributed by atoms with Crippen LogP contribution in [0.2, 0.25) is 0 Å². The lowest BCUT2D eigenvalue weighted by Gasteiger charge is -1.97. The van der Waals surface area contributed by atoms with Crippen LogP contribution in [0.4, 0.5) is 0 Å². The molecule has 1 unspecified atom stereocenters. The van der Waals surface area contributed by atoms with E-state index < -0.39 is 8.03 Å². The van der Waals surface area contributed by atoms with Gasteiger partial charge in [0.2, 0.25) is 0 Å². The average molecular weight is 235 g/mol. The average Bonchev–Trinajstić information content (AvgIpc) is 2.14. The first-order valence-corrected chi connectivity index (χ1v) is 7.59. The fraction of sp³-hybridized carbons (Fsp3) is 0.286. The standard InChI is InChI=1S/C7H10NO2PS2/c9-11(10)5-6-12-13-7-3-1-2-4-8-7/h1-4,11H,5-6H2,(H,9,10). The van der Waals surface area contributed by atoms with Crippen LogP contribution in [-0.2, 0) is 4.57 Å². The van der Waals surface area contributed by atoms with Crippen molar-refractivity contribution < 1.29 is 9.46 Å². The van der Waals surface area contributed by atoms with Crippen molar-refractivity contribution in [3.63, 3.8) is 0 Å². The highest BCUT2D eigenvalue weighted by atomic mass is 33.1. The molecule has 1 atom stereocenters. The van der Waals surface area contributed by atoms with Crippen LogP contribution >= 0.6 is 29.6 Å². The Kier molecular flexibility index (Phi) is 5.55. The Morgan fingerprint density at radius 3 is 3.00 bits per heavy atom. The lowest BCUT2D eigenvalue weighted by Crippen LogP contribution is -1.80. The van der Waals surface area contributed by atoms with Gasteiger partial charge in [0.15, 0.2) is 8.03 Å². The summed E-state index contributed by atoms with van der Waals surface area (Å²) in [4.78, 5) is 12.7. The van der Waals surface area contributed by atoms with E-state index in [-0.39, 0.29) is 0 Å². The molecule has 0 saturated carbocycles. The molecule has 13 heavy (non-hydrogen) atoms. The van der Waals surface area contributed by atoms with Crippen LogP contribution in [0.5, 0.6) is 0 Å². The van der Waals surface area contributed by atoms with Crippen molar-refractivity contribution in [1.29, 1.82) is 0 Å². The first kappa shape index (κ1) is 11.1. The van der Waals surface area contributed by atoms with E-state index >= 15 is 0 Å². The number of hydrogen-bond acceptors (Lipinski definition) is 4. The number of aromatic nitrogens is 1. The predicted octanol–water partition coefficient (Wildman–Crippen LogP) is 2.29. The van der Waals surface area contributed by atoms with E-state index in [2.05, 4.69) is 4.98 Å². The van der Waals surface area contributed by atoms with Gasteiger partial charge in [0.1, 0.15) is 5.03 Å². The molecule has 0 aliphatic rings. The van der Waals surface area contributed by atoms with Crippen LogP contribution < -0.4 is 0 Å². The second-order valence-electron chi connectivity index (χ2n) is 2.22. The monoisotopic (exact) mass is 235 g/mol. The molecule has 0 radical (unpaired) electrons. The van der Waals surface area contributed by atoms with Crippen molar-refractivity contribution in [2.45, 2.75) is 5.03 Å². The van der Waals surface area contributed by atoms with Gasteiger partial charge in [-0.05, 0) is 22.9 Å². The SMILES string of the molecule is O=[PH](O)CCSSc1ccccn1. The highest BCUT2D eigenvalue weighted by Gasteiger charge is 1.96. The summed E-state index contributed by atoms with van der Waals surface area (Å²) in [7, 11) is 0.795. The third-order valence-corrected chi connectivity index (χ3v) is 4.49. The second kappa shape index (κ2) is 6.49. The number of hydrogen-bond donors (Lipinski definition) is 1. The molecule has 1 rings (SSSR count). The lowest BCUT2D eigenvalue weighted by atomic mass is 10.5. The van der Waals surface area contributed by atoms with Gasteiger partial charge in [-0.15, -0.1) is 0 Å². The van der Waals surface area contributed by atoms with Crippen molar-refractivity contribution in [2.24, 2.45) is 0 Å². The summed E-state index contributed by atoms with van der Waals surface area (Å²) in [6.07, 6.45) is 2.12. The van der Waals surface area contributed by atoms with Gasteiger partial charge in [0.05, 0.1) is 0 Å². The molecule has 0 fully saturated rings. The minimum absolute atomic E-state index is 0.384. The minimum Gasteiger partial charge on any atom is -0.346 e. The summed E-state index contributed by atoms with van der Waals surface area (Å²) >= 11 is 0. The van der Waals surface area contributed by atoms with Gasteiger partial charge in [-0.1, -0.05) is 16.9 Å². The molecule has 0 spiro atoms. The van der Waals surface area contributed by atoms with Gasteiger partial charge in [-0.2, -0.15) is 0 Å². The van der Waals surface area contributed by atoms with E-state index in [9.17, 15) is 4.57 Å².